The second-order valence-corrected chi connectivity index (χ2v) is 6.83. The van der Waals surface area contributed by atoms with Crippen LogP contribution in [0.5, 0.6) is 0 Å². The Hall–Kier alpha value is -3.74. The molecule has 30 heavy (non-hydrogen) atoms. The van der Waals surface area contributed by atoms with E-state index >= 15 is 0 Å². The zero-order chi connectivity index (χ0) is 20.9. The second kappa shape index (κ2) is 8.73. The fourth-order valence-corrected chi connectivity index (χ4v) is 3.39. The summed E-state index contributed by atoms with van der Waals surface area (Å²) in [7, 11) is 0. The van der Waals surface area contributed by atoms with Crippen LogP contribution >= 0.6 is 0 Å². The molecule has 0 atom stereocenters. The molecular weight excluding hydrogens is 381 g/mol. The number of benzene rings is 2. The van der Waals surface area contributed by atoms with Gasteiger partial charge in [-0.15, -0.1) is 0 Å². The van der Waals surface area contributed by atoms with Crippen molar-refractivity contribution in [2.75, 3.05) is 11.9 Å². The van der Waals surface area contributed by atoms with E-state index in [1.807, 2.05) is 47.9 Å². The molecule has 2 amide bonds. The van der Waals surface area contributed by atoms with Crippen molar-refractivity contribution in [3.8, 4) is 11.4 Å². The van der Waals surface area contributed by atoms with Crippen LogP contribution in [0, 0.1) is 5.82 Å². The number of halogens is 1. The van der Waals surface area contributed by atoms with Gasteiger partial charge in [0.25, 0.3) is 0 Å². The number of para-hydroxylation sites is 1. The summed E-state index contributed by atoms with van der Waals surface area (Å²) >= 11 is 0. The summed E-state index contributed by atoms with van der Waals surface area (Å²) in [6, 6.07) is 17.4. The summed E-state index contributed by atoms with van der Waals surface area (Å²) in [5, 5.41) is 5.79. The van der Waals surface area contributed by atoms with Crippen LogP contribution in [0.15, 0.2) is 66.9 Å². The molecule has 2 heterocycles. The van der Waals surface area contributed by atoms with Crippen molar-refractivity contribution in [2.24, 2.45) is 0 Å². The number of imidazole rings is 1. The molecule has 0 fully saturated rings. The van der Waals surface area contributed by atoms with Crippen molar-refractivity contribution in [1.82, 2.24) is 19.9 Å². The van der Waals surface area contributed by atoms with Crippen LogP contribution in [0.25, 0.3) is 22.6 Å². The number of fused-ring (bicyclic) bond motifs is 1. The standard InChI is InChI=1S/C23H22FN5O/c1-2-16-6-3-4-7-19(16)28-23(30)26-14-15-29-21(17-9-11-18(24)12-10-17)27-20-8-5-13-25-22(20)29/h3-13H,2,14-15H2,1H3,(H2,26,28,30). The van der Waals surface area contributed by atoms with Gasteiger partial charge in [0.1, 0.15) is 17.2 Å². The molecule has 2 N–H and O–H groups in total. The van der Waals surface area contributed by atoms with Crippen molar-refractivity contribution < 1.29 is 9.18 Å². The van der Waals surface area contributed by atoms with Gasteiger partial charge in [0.2, 0.25) is 0 Å². The average Bonchev–Trinajstić information content (AvgIpc) is 3.13. The summed E-state index contributed by atoms with van der Waals surface area (Å²) in [6.07, 6.45) is 2.54. The lowest BCUT2D eigenvalue weighted by molar-refractivity contribution is 0.251. The highest BCUT2D eigenvalue weighted by Gasteiger charge is 2.14. The third kappa shape index (κ3) is 4.15. The minimum atomic E-state index is -0.301. The predicted octanol–water partition coefficient (Wildman–Crippen LogP) is 4.62. The number of hydrogen-bond acceptors (Lipinski definition) is 3. The number of aromatic nitrogens is 3. The highest BCUT2D eigenvalue weighted by molar-refractivity contribution is 5.90. The van der Waals surface area contributed by atoms with Crippen LogP contribution in [0.2, 0.25) is 0 Å². The van der Waals surface area contributed by atoms with Gasteiger partial charge in [-0.1, -0.05) is 25.1 Å². The van der Waals surface area contributed by atoms with E-state index in [0.717, 1.165) is 34.4 Å². The zero-order valence-electron chi connectivity index (χ0n) is 16.6. The van der Waals surface area contributed by atoms with Crippen LogP contribution in [-0.4, -0.2) is 27.1 Å². The molecule has 0 spiro atoms. The van der Waals surface area contributed by atoms with Crippen LogP contribution in [0.4, 0.5) is 14.9 Å². The van der Waals surface area contributed by atoms with E-state index in [2.05, 4.69) is 20.6 Å². The fourth-order valence-electron chi connectivity index (χ4n) is 3.39. The topological polar surface area (TPSA) is 71.8 Å². The maximum absolute atomic E-state index is 13.3. The molecule has 7 heteroatoms. The highest BCUT2D eigenvalue weighted by atomic mass is 19.1. The van der Waals surface area contributed by atoms with Gasteiger partial charge in [-0.25, -0.2) is 19.2 Å². The zero-order valence-corrected chi connectivity index (χ0v) is 16.6. The molecule has 0 unspecified atom stereocenters. The van der Waals surface area contributed by atoms with Crippen LogP contribution in [0.1, 0.15) is 12.5 Å². The lowest BCUT2D eigenvalue weighted by Gasteiger charge is -2.12. The van der Waals surface area contributed by atoms with E-state index in [0.29, 0.717) is 18.9 Å². The number of urea groups is 1. The summed E-state index contributed by atoms with van der Waals surface area (Å²) in [4.78, 5) is 21.4. The minimum absolute atomic E-state index is 0.267. The van der Waals surface area contributed by atoms with Crippen molar-refractivity contribution in [3.05, 3.63) is 78.2 Å². The first-order valence-corrected chi connectivity index (χ1v) is 9.85. The van der Waals surface area contributed by atoms with E-state index in [1.165, 1.54) is 12.1 Å². The monoisotopic (exact) mass is 403 g/mol. The van der Waals surface area contributed by atoms with Crippen molar-refractivity contribution in [3.63, 3.8) is 0 Å². The molecule has 0 radical (unpaired) electrons. The van der Waals surface area contributed by atoms with Gasteiger partial charge in [-0.3, -0.25) is 0 Å². The molecule has 152 valence electrons. The lowest BCUT2D eigenvalue weighted by atomic mass is 10.1. The molecule has 0 aliphatic carbocycles. The van der Waals surface area contributed by atoms with Gasteiger partial charge in [0.15, 0.2) is 5.65 Å². The van der Waals surface area contributed by atoms with Crippen molar-refractivity contribution in [1.29, 1.82) is 0 Å². The largest absolute Gasteiger partial charge is 0.336 e. The molecule has 0 saturated carbocycles. The number of pyridine rings is 1. The molecule has 6 nitrogen and oxygen atoms in total. The number of aryl methyl sites for hydroxylation is 1. The van der Waals surface area contributed by atoms with Gasteiger partial charge >= 0.3 is 6.03 Å². The van der Waals surface area contributed by atoms with Gasteiger partial charge in [0.05, 0.1) is 0 Å². The summed E-state index contributed by atoms with van der Waals surface area (Å²) < 4.78 is 15.3. The van der Waals surface area contributed by atoms with E-state index < -0.39 is 0 Å². The van der Waals surface area contributed by atoms with Crippen LogP contribution in [-0.2, 0) is 13.0 Å². The molecule has 2 aromatic heterocycles. The summed E-state index contributed by atoms with van der Waals surface area (Å²) in [5.74, 6) is 0.382. The van der Waals surface area contributed by atoms with E-state index in [-0.39, 0.29) is 11.8 Å². The van der Waals surface area contributed by atoms with Gasteiger partial charge in [-0.2, -0.15) is 0 Å². The fraction of sp³-hybridized carbons (Fsp3) is 0.174. The van der Waals surface area contributed by atoms with Crippen molar-refractivity contribution >= 4 is 22.9 Å². The van der Waals surface area contributed by atoms with E-state index in [4.69, 9.17) is 0 Å². The molecular formula is C23H22FN5O. The highest BCUT2D eigenvalue weighted by Crippen LogP contribution is 2.23. The molecule has 0 aliphatic rings. The number of carbonyl (C=O) groups excluding carboxylic acids is 1. The third-order valence-corrected chi connectivity index (χ3v) is 4.87. The third-order valence-electron chi connectivity index (χ3n) is 4.87. The molecule has 0 bridgehead atoms. The lowest BCUT2D eigenvalue weighted by Crippen LogP contribution is -2.32. The number of nitrogens with zero attached hydrogens (tertiary/aromatic N) is 3. The first-order valence-electron chi connectivity index (χ1n) is 9.85. The number of amides is 2. The Balaban J connectivity index is 1.50. The number of rotatable bonds is 6. The maximum Gasteiger partial charge on any atom is 0.319 e. The molecule has 4 rings (SSSR count). The smallest absolute Gasteiger partial charge is 0.319 e. The van der Waals surface area contributed by atoms with Gasteiger partial charge in [-0.05, 0) is 54.4 Å². The SMILES string of the molecule is CCc1ccccc1NC(=O)NCCn1c(-c2ccc(F)cc2)nc2cccnc21. The van der Waals surface area contributed by atoms with Crippen LogP contribution < -0.4 is 10.6 Å². The molecule has 2 aromatic carbocycles. The summed E-state index contributed by atoms with van der Waals surface area (Å²) in [5.41, 5.74) is 4.14. The van der Waals surface area contributed by atoms with E-state index in [9.17, 15) is 9.18 Å². The quantitative estimate of drug-likeness (QED) is 0.493. The number of nitrogens with one attached hydrogen (secondary N) is 2. The van der Waals surface area contributed by atoms with Crippen LogP contribution in [0.3, 0.4) is 0 Å². The Morgan fingerprint density at radius 1 is 1.07 bits per heavy atom. The van der Waals surface area contributed by atoms with Gasteiger partial charge in [0, 0.05) is 30.5 Å². The molecule has 4 aromatic rings. The van der Waals surface area contributed by atoms with Crippen molar-refractivity contribution in [2.45, 2.75) is 19.9 Å². The Morgan fingerprint density at radius 2 is 1.87 bits per heavy atom. The number of hydrogen-bond donors (Lipinski definition) is 2. The normalized spacial score (nSPS) is 10.9. The maximum atomic E-state index is 13.3. The Labute approximate surface area is 173 Å². The second-order valence-electron chi connectivity index (χ2n) is 6.83. The Bertz CT molecular complexity index is 1170. The summed E-state index contributed by atoms with van der Waals surface area (Å²) in [6.45, 7) is 2.91. The molecule has 0 aliphatic heterocycles. The molecule has 0 saturated heterocycles. The first-order chi connectivity index (χ1) is 14.7. The number of carbonyl (C=O) groups is 1. The minimum Gasteiger partial charge on any atom is -0.336 e. The number of anilines is 1. The van der Waals surface area contributed by atoms with Gasteiger partial charge < -0.3 is 15.2 Å². The first kappa shape index (κ1) is 19.6. The Morgan fingerprint density at radius 3 is 2.67 bits per heavy atom. The Kier molecular flexibility index (Phi) is 5.70. The predicted molar refractivity (Wildman–Crippen MR) is 116 cm³/mol. The average molecular weight is 403 g/mol. The van der Waals surface area contributed by atoms with E-state index in [1.54, 1.807) is 18.3 Å².